The molecule has 1 aromatic rings. The summed E-state index contributed by atoms with van der Waals surface area (Å²) in [6.45, 7) is 5.23. The van der Waals surface area contributed by atoms with Crippen molar-refractivity contribution in [3.05, 3.63) is 6.33 Å². The van der Waals surface area contributed by atoms with E-state index in [-0.39, 0.29) is 18.4 Å². The van der Waals surface area contributed by atoms with Gasteiger partial charge in [-0.3, -0.25) is 4.79 Å². The van der Waals surface area contributed by atoms with E-state index in [4.69, 9.17) is 11.0 Å². The van der Waals surface area contributed by atoms with Crippen molar-refractivity contribution >= 4 is 11.9 Å². The molecule has 0 bridgehead atoms. The molecule has 0 spiro atoms. The van der Waals surface area contributed by atoms with Gasteiger partial charge in [0.2, 0.25) is 11.9 Å². The second-order valence-electron chi connectivity index (χ2n) is 4.44. The number of nitrogens with two attached hydrogens (primary N) is 1. The fraction of sp³-hybridized carbons (Fsp3) is 0.636. The van der Waals surface area contributed by atoms with Crippen LogP contribution in [0.2, 0.25) is 0 Å². The molecule has 0 aliphatic rings. The molecule has 7 nitrogen and oxygen atoms in total. The van der Waals surface area contributed by atoms with Crippen LogP contribution >= 0.6 is 0 Å². The molecule has 0 aromatic carbocycles. The number of nitrogens with zero attached hydrogens (tertiary/aromatic N) is 5. The van der Waals surface area contributed by atoms with Gasteiger partial charge in [0.05, 0.1) is 12.5 Å². The lowest BCUT2D eigenvalue weighted by atomic mass is 10.2. The van der Waals surface area contributed by atoms with E-state index in [1.54, 1.807) is 4.90 Å². The van der Waals surface area contributed by atoms with Gasteiger partial charge in [-0.2, -0.15) is 5.26 Å². The molecule has 1 rings (SSSR count). The molecule has 2 N–H and O–H groups in total. The fourth-order valence-electron chi connectivity index (χ4n) is 1.57. The van der Waals surface area contributed by atoms with E-state index in [0.717, 1.165) is 0 Å². The maximum Gasteiger partial charge on any atom is 0.244 e. The SMILES string of the molecule is CC(C)CN(CCC#N)C(=O)Cn1cnc(N)n1. The number of anilines is 1. The predicted molar refractivity (Wildman–Crippen MR) is 66.1 cm³/mol. The number of nitriles is 1. The van der Waals surface area contributed by atoms with Crippen molar-refractivity contribution in [1.29, 1.82) is 5.26 Å². The minimum absolute atomic E-state index is 0.0798. The molecule has 1 amide bonds. The van der Waals surface area contributed by atoms with Crippen LogP contribution in [0.3, 0.4) is 0 Å². The van der Waals surface area contributed by atoms with Crippen LogP contribution in [0.5, 0.6) is 0 Å². The van der Waals surface area contributed by atoms with Crippen LogP contribution in [-0.4, -0.2) is 38.7 Å². The average molecular weight is 250 g/mol. The smallest absolute Gasteiger partial charge is 0.244 e. The largest absolute Gasteiger partial charge is 0.367 e. The predicted octanol–water partition coefficient (Wildman–Crippen LogP) is 0.259. The summed E-state index contributed by atoms with van der Waals surface area (Å²) in [7, 11) is 0. The van der Waals surface area contributed by atoms with E-state index in [9.17, 15) is 4.79 Å². The molecule has 0 radical (unpaired) electrons. The van der Waals surface area contributed by atoms with E-state index < -0.39 is 0 Å². The molecule has 98 valence electrons. The molecule has 0 unspecified atom stereocenters. The quantitative estimate of drug-likeness (QED) is 0.780. The van der Waals surface area contributed by atoms with E-state index in [1.807, 2.05) is 19.9 Å². The summed E-state index contributed by atoms with van der Waals surface area (Å²) in [5.74, 6) is 0.424. The van der Waals surface area contributed by atoms with Crippen molar-refractivity contribution in [3.63, 3.8) is 0 Å². The lowest BCUT2D eigenvalue weighted by Gasteiger charge is -2.23. The first kappa shape index (κ1) is 14.0. The van der Waals surface area contributed by atoms with Gasteiger partial charge in [-0.15, -0.1) is 5.10 Å². The molecular formula is C11H18N6O. The number of nitrogen functional groups attached to an aromatic ring is 1. The van der Waals surface area contributed by atoms with Gasteiger partial charge in [0, 0.05) is 13.1 Å². The van der Waals surface area contributed by atoms with Crippen molar-refractivity contribution in [3.8, 4) is 6.07 Å². The normalized spacial score (nSPS) is 10.3. The van der Waals surface area contributed by atoms with Crippen LogP contribution < -0.4 is 5.73 Å². The Bertz CT molecular complexity index is 433. The summed E-state index contributed by atoms with van der Waals surface area (Å²) < 4.78 is 1.40. The summed E-state index contributed by atoms with van der Waals surface area (Å²) in [6, 6.07) is 2.05. The van der Waals surface area contributed by atoms with Gasteiger partial charge in [-0.1, -0.05) is 13.8 Å². The summed E-state index contributed by atoms with van der Waals surface area (Å²) >= 11 is 0. The van der Waals surface area contributed by atoms with Crippen molar-refractivity contribution in [2.45, 2.75) is 26.8 Å². The van der Waals surface area contributed by atoms with Crippen LogP contribution in [0.4, 0.5) is 5.95 Å². The van der Waals surface area contributed by atoms with Gasteiger partial charge < -0.3 is 10.6 Å². The summed E-state index contributed by atoms with van der Waals surface area (Å²) in [5.41, 5.74) is 5.38. The first-order valence-corrected chi connectivity index (χ1v) is 5.82. The number of hydrogen-bond donors (Lipinski definition) is 1. The highest BCUT2D eigenvalue weighted by atomic mass is 16.2. The van der Waals surface area contributed by atoms with Gasteiger partial charge in [-0.25, -0.2) is 9.67 Å². The van der Waals surface area contributed by atoms with Crippen LogP contribution in [0.15, 0.2) is 6.33 Å². The monoisotopic (exact) mass is 250 g/mol. The molecule has 0 saturated heterocycles. The molecule has 1 aromatic heterocycles. The Morgan fingerprint density at radius 2 is 2.39 bits per heavy atom. The topological polar surface area (TPSA) is 101 Å². The molecule has 0 atom stereocenters. The molecule has 1 heterocycles. The van der Waals surface area contributed by atoms with E-state index in [0.29, 0.717) is 25.4 Å². The highest BCUT2D eigenvalue weighted by Gasteiger charge is 2.15. The second kappa shape index (κ2) is 6.59. The molecule has 0 aliphatic heterocycles. The lowest BCUT2D eigenvalue weighted by molar-refractivity contribution is -0.132. The minimum Gasteiger partial charge on any atom is -0.367 e. The number of rotatable bonds is 6. The summed E-state index contributed by atoms with van der Waals surface area (Å²) in [4.78, 5) is 17.5. The third-order valence-electron chi connectivity index (χ3n) is 2.28. The Morgan fingerprint density at radius 1 is 1.67 bits per heavy atom. The zero-order valence-electron chi connectivity index (χ0n) is 10.7. The van der Waals surface area contributed by atoms with Gasteiger partial charge in [0.1, 0.15) is 12.9 Å². The third kappa shape index (κ3) is 4.41. The maximum atomic E-state index is 12.1. The third-order valence-corrected chi connectivity index (χ3v) is 2.28. The minimum atomic E-state index is -0.0798. The number of carbonyl (C=O) groups is 1. The van der Waals surface area contributed by atoms with Gasteiger partial charge in [-0.05, 0) is 5.92 Å². The Labute approximate surface area is 106 Å². The van der Waals surface area contributed by atoms with Crippen LogP contribution in [0.25, 0.3) is 0 Å². The van der Waals surface area contributed by atoms with E-state index in [2.05, 4.69) is 10.1 Å². The first-order chi connectivity index (χ1) is 8.52. The van der Waals surface area contributed by atoms with Crippen molar-refractivity contribution in [1.82, 2.24) is 19.7 Å². The standard InChI is InChI=1S/C11H18N6O/c1-9(2)6-16(5-3-4-12)10(18)7-17-8-14-11(13)15-17/h8-9H,3,5-7H2,1-2H3,(H2,13,15). The van der Waals surface area contributed by atoms with E-state index in [1.165, 1.54) is 11.0 Å². The number of aromatic nitrogens is 3. The van der Waals surface area contributed by atoms with Gasteiger partial charge in [0.25, 0.3) is 0 Å². The molecule has 18 heavy (non-hydrogen) atoms. The Balaban J connectivity index is 2.60. The molecule has 0 saturated carbocycles. The van der Waals surface area contributed by atoms with Crippen molar-refractivity contribution < 1.29 is 4.79 Å². The maximum absolute atomic E-state index is 12.1. The highest BCUT2D eigenvalue weighted by Crippen LogP contribution is 2.02. The van der Waals surface area contributed by atoms with Crippen LogP contribution in [0.1, 0.15) is 20.3 Å². The number of carbonyl (C=O) groups excluding carboxylic acids is 1. The Morgan fingerprint density at radius 3 is 2.89 bits per heavy atom. The van der Waals surface area contributed by atoms with Crippen LogP contribution in [-0.2, 0) is 11.3 Å². The molecule has 7 heteroatoms. The van der Waals surface area contributed by atoms with Crippen molar-refractivity contribution in [2.75, 3.05) is 18.8 Å². The number of amides is 1. The van der Waals surface area contributed by atoms with Crippen molar-refractivity contribution in [2.24, 2.45) is 5.92 Å². The molecule has 0 fully saturated rings. The second-order valence-corrected chi connectivity index (χ2v) is 4.44. The zero-order chi connectivity index (χ0) is 13.5. The lowest BCUT2D eigenvalue weighted by Crippen LogP contribution is -2.37. The highest BCUT2D eigenvalue weighted by molar-refractivity contribution is 5.75. The van der Waals surface area contributed by atoms with Crippen LogP contribution in [0, 0.1) is 17.2 Å². The first-order valence-electron chi connectivity index (χ1n) is 5.82. The van der Waals surface area contributed by atoms with Gasteiger partial charge >= 0.3 is 0 Å². The average Bonchev–Trinajstić information content (AvgIpc) is 2.69. The van der Waals surface area contributed by atoms with Gasteiger partial charge in [0.15, 0.2) is 0 Å². The number of hydrogen-bond acceptors (Lipinski definition) is 5. The van der Waals surface area contributed by atoms with E-state index >= 15 is 0 Å². The Kier molecular flexibility index (Phi) is 5.11. The molecular weight excluding hydrogens is 232 g/mol. The fourth-order valence-corrected chi connectivity index (χ4v) is 1.57. The Hall–Kier alpha value is -2.10. The summed E-state index contributed by atoms with van der Waals surface area (Å²) in [5, 5.41) is 12.5. The zero-order valence-corrected chi connectivity index (χ0v) is 10.7. The molecule has 0 aliphatic carbocycles. The summed E-state index contributed by atoms with van der Waals surface area (Å²) in [6.07, 6.45) is 1.75.